The lowest BCUT2D eigenvalue weighted by Crippen LogP contribution is -2.36. The van der Waals surface area contributed by atoms with Crippen molar-refractivity contribution in [3.8, 4) is 5.69 Å². The molecule has 0 aliphatic carbocycles. The maximum Gasteiger partial charge on any atom is 0.237 e. The maximum atomic E-state index is 13.2. The van der Waals surface area contributed by atoms with Gasteiger partial charge >= 0.3 is 0 Å². The summed E-state index contributed by atoms with van der Waals surface area (Å²) >= 11 is 7.54. The van der Waals surface area contributed by atoms with E-state index in [1.807, 2.05) is 71.2 Å². The monoisotopic (exact) mass is 477 g/mol. The summed E-state index contributed by atoms with van der Waals surface area (Å²) in [5.41, 5.74) is 4.32. The molecule has 0 atom stereocenters. The number of hydrogen-bond donors (Lipinski definition) is 0. The normalized spacial score (nSPS) is 13.2. The van der Waals surface area contributed by atoms with Gasteiger partial charge in [-0.15, -0.1) is 10.2 Å². The van der Waals surface area contributed by atoms with Crippen LogP contribution >= 0.6 is 23.4 Å². The smallest absolute Gasteiger partial charge is 0.237 e. The number of halogens is 1. The second-order valence-corrected chi connectivity index (χ2v) is 9.44. The summed E-state index contributed by atoms with van der Waals surface area (Å²) in [4.78, 5) is 15.1. The van der Waals surface area contributed by atoms with Crippen LogP contribution in [0.25, 0.3) is 5.69 Å². The van der Waals surface area contributed by atoms with Gasteiger partial charge in [-0.1, -0.05) is 41.6 Å². The van der Waals surface area contributed by atoms with E-state index in [0.717, 1.165) is 42.3 Å². The van der Waals surface area contributed by atoms with Crippen molar-refractivity contribution in [1.29, 1.82) is 0 Å². The van der Waals surface area contributed by atoms with E-state index in [2.05, 4.69) is 26.9 Å². The quantitative estimate of drug-likeness (QED) is 0.370. The van der Waals surface area contributed by atoms with E-state index in [0.29, 0.717) is 22.4 Å². The van der Waals surface area contributed by atoms with Gasteiger partial charge in [0.25, 0.3) is 0 Å². The van der Waals surface area contributed by atoms with Crippen LogP contribution in [-0.2, 0) is 24.7 Å². The number of anilines is 1. The number of nitrogens with zero attached hydrogens (tertiary/aromatic N) is 5. The van der Waals surface area contributed by atoms with E-state index in [4.69, 9.17) is 11.6 Å². The molecule has 1 aliphatic rings. The first kappa shape index (κ1) is 21.8. The number of amides is 1. The molecule has 0 spiro atoms. The highest BCUT2D eigenvalue weighted by Crippen LogP contribution is 2.29. The third-order valence-corrected chi connectivity index (χ3v) is 7.08. The summed E-state index contributed by atoms with van der Waals surface area (Å²) in [6, 6.07) is 19.9. The second kappa shape index (κ2) is 9.45. The highest BCUT2D eigenvalue weighted by molar-refractivity contribution is 7.99. The Balaban J connectivity index is 1.41. The van der Waals surface area contributed by atoms with E-state index in [1.54, 1.807) is 0 Å². The van der Waals surface area contributed by atoms with Gasteiger partial charge < -0.3 is 9.47 Å². The van der Waals surface area contributed by atoms with Gasteiger partial charge in [-0.25, -0.2) is 0 Å². The predicted molar refractivity (Wildman–Crippen MR) is 132 cm³/mol. The third kappa shape index (κ3) is 4.56. The summed E-state index contributed by atoms with van der Waals surface area (Å²) in [5.74, 6) is 1.20. The zero-order chi connectivity index (χ0) is 22.8. The number of para-hydroxylation sites is 1. The van der Waals surface area contributed by atoms with Gasteiger partial charge in [-0.2, -0.15) is 0 Å². The van der Waals surface area contributed by atoms with Crippen LogP contribution in [0.15, 0.2) is 72.0 Å². The van der Waals surface area contributed by atoms with Crippen LogP contribution in [0.4, 0.5) is 5.69 Å². The van der Waals surface area contributed by atoms with Gasteiger partial charge in [-0.05, 0) is 60.9 Å². The zero-order valence-electron chi connectivity index (χ0n) is 18.3. The van der Waals surface area contributed by atoms with Crippen molar-refractivity contribution in [1.82, 2.24) is 19.3 Å². The van der Waals surface area contributed by atoms with Crippen LogP contribution in [0.1, 0.15) is 23.5 Å². The van der Waals surface area contributed by atoms with Crippen molar-refractivity contribution in [2.75, 3.05) is 17.2 Å². The Morgan fingerprint density at radius 1 is 1.06 bits per heavy atom. The summed E-state index contributed by atoms with van der Waals surface area (Å²) in [5, 5.41) is 10.3. The number of rotatable bonds is 6. The van der Waals surface area contributed by atoms with Gasteiger partial charge in [0.1, 0.15) is 5.82 Å². The van der Waals surface area contributed by atoms with Gasteiger partial charge in [0.2, 0.25) is 5.91 Å². The average molecular weight is 478 g/mol. The lowest BCUT2D eigenvalue weighted by atomic mass is 10.0. The first-order chi connectivity index (χ1) is 16.1. The van der Waals surface area contributed by atoms with E-state index in [1.165, 1.54) is 17.3 Å². The molecule has 8 heteroatoms. The fourth-order valence-electron chi connectivity index (χ4n) is 4.20. The molecule has 6 nitrogen and oxygen atoms in total. The number of fused-ring (bicyclic) bond motifs is 1. The maximum absolute atomic E-state index is 13.2. The second-order valence-electron chi connectivity index (χ2n) is 8.06. The van der Waals surface area contributed by atoms with Crippen molar-refractivity contribution >= 4 is 35.0 Å². The minimum Gasteiger partial charge on any atom is -0.354 e. The molecule has 0 radical (unpaired) electrons. The Morgan fingerprint density at radius 2 is 1.88 bits per heavy atom. The van der Waals surface area contributed by atoms with E-state index in [-0.39, 0.29) is 5.91 Å². The standard InChI is InChI=1S/C25H24ClN5OS/c1-29-14-5-8-21(29)16-23-27-28-25(31(23)20-12-10-19(26)11-13-20)33-17-24(32)30-15-4-7-18-6-2-3-9-22(18)30/h2-3,5-6,8-14H,4,7,15-17H2,1H3. The van der Waals surface area contributed by atoms with Crippen molar-refractivity contribution in [3.05, 3.63) is 89.0 Å². The number of hydrogen-bond acceptors (Lipinski definition) is 4. The highest BCUT2D eigenvalue weighted by atomic mass is 35.5. The number of thioether (sulfide) groups is 1. The van der Waals surface area contributed by atoms with Gasteiger partial charge in [0.05, 0.1) is 5.75 Å². The molecule has 3 heterocycles. The summed E-state index contributed by atoms with van der Waals surface area (Å²) in [6.45, 7) is 0.749. The first-order valence-corrected chi connectivity index (χ1v) is 12.3. The van der Waals surface area contributed by atoms with Crippen molar-refractivity contribution in [2.45, 2.75) is 24.4 Å². The summed E-state index contributed by atoms with van der Waals surface area (Å²) in [6.07, 6.45) is 4.64. The Bertz CT molecular complexity index is 1280. The SMILES string of the molecule is Cn1cccc1Cc1nnc(SCC(=O)N2CCCc3ccccc32)n1-c1ccc(Cl)cc1. The molecule has 2 aromatic heterocycles. The molecule has 0 N–H and O–H groups in total. The molecule has 168 valence electrons. The zero-order valence-corrected chi connectivity index (χ0v) is 19.9. The number of carbonyl (C=O) groups excluding carboxylic acids is 1. The lowest BCUT2D eigenvalue weighted by Gasteiger charge is -2.29. The molecule has 33 heavy (non-hydrogen) atoms. The van der Waals surface area contributed by atoms with Crippen LogP contribution < -0.4 is 4.90 Å². The molecule has 5 rings (SSSR count). The summed E-state index contributed by atoms with van der Waals surface area (Å²) < 4.78 is 4.09. The Labute approximate surface area is 202 Å². The Morgan fingerprint density at radius 3 is 2.67 bits per heavy atom. The van der Waals surface area contributed by atoms with Crippen LogP contribution in [-0.4, -0.2) is 37.5 Å². The largest absolute Gasteiger partial charge is 0.354 e. The highest BCUT2D eigenvalue weighted by Gasteiger charge is 2.23. The van der Waals surface area contributed by atoms with Crippen molar-refractivity contribution in [2.24, 2.45) is 7.05 Å². The minimum atomic E-state index is 0.0850. The molecule has 1 aliphatic heterocycles. The van der Waals surface area contributed by atoms with Gasteiger partial charge in [0, 0.05) is 48.3 Å². The Kier molecular flexibility index (Phi) is 6.24. The molecule has 0 fully saturated rings. The van der Waals surface area contributed by atoms with Crippen LogP contribution in [0.2, 0.25) is 5.02 Å². The number of benzene rings is 2. The molecule has 0 unspecified atom stereocenters. The molecule has 0 saturated carbocycles. The molecule has 0 saturated heterocycles. The Hall–Kier alpha value is -3.03. The topological polar surface area (TPSA) is 56.0 Å². The number of carbonyl (C=O) groups is 1. The molecule has 2 aromatic carbocycles. The van der Waals surface area contributed by atoms with Crippen molar-refractivity contribution < 1.29 is 4.79 Å². The molecule has 0 bridgehead atoms. The number of aryl methyl sites for hydroxylation is 2. The number of aromatic nitrogens is 4. The molecule has 1 amide bonds. The fourth-order valence-corrected chi connectivity index (χ4v) is 5.17. The van der Waals surface area contributed by atoms with Crippen LogP contribution in [0.3, 0.4) is 0 Å². The predicted octanol–water partition coefficient (Wildman–Crippen LogP) is 4.92. The fraction of sp³-hybridized carbons (Fsp3) is 0.240. The van der Waals surface area contributed by atoms with Crippen LogP contribution in [0.5, 0.6) is 0 Å². The van der Waals surface area contributed by atoms with Gasteiger partial charge in [-0.3, -0.25) is 9.36 Å². The average Bonchev–Trinajstić information content (AvgIpc) is 3.43. The molecular formula is C25H24ClN5OS. The molecule has 4 aromatic rings. The van der Waals surface area contributed by atoms with Crippen molar-refractivity contribution in [3.63, 3.8) is 0 Å². The summed E-state index contributed by atoms with van der Waals surface area (Å²) in [7, 11) is 2.02. The van der Waals surface area contributed by atoms with E-state index in [9.17, 15) is 4.79 Å². The van der Waals surface area contributed by atoms with E-state index >= 15 is 0 Å². The third-order valence-electron chi connectivity index (χ3n) is 5.91. The minimum absolute atomic E-state index is 0.0850. The lowest BCUT2D eigenvalue weighted by molar-refractivity contribution is -0.116. The van der Waals surface area contributed by atoms with Crippen LogP contribution in [0, 0.1) is 0 Å². The van der Waals surface area contributed by atoms with E-state index < -0.39 is 0 Å². The molecular weight excluding hydrogens is 454 g/mol. The first-order valence-electron chi connectivity index (χ1n) is 10.9. The van der Waals surface area contributed by atoms with Gasteiger partial charge in [0.15, 0.2) is 5.16 Å².